The highest BCUT2D eigenvalue weighted by molar-refractivity contribution is 7.87. The molecule has 0 aromatic heterocycles. The van der Waals surface area contributed by atoms with Crippen LogP contribution in [0.4, 0.5) is 0 Å². The first-order chi connectivity index (χ1) is 9.78. The highest BCUT2D eigenvalue weighted by Crippen LogP contribution is 2.06. The second kappa shape index (κ2) is 9.69. The molecule has 0 bridgehead atoms. The number of esters is 1. The SMILES string of the molecule is CCCN(CCC)S(=O)(=O)NC(CCC(=O)OC)C(=O)O. The molecule has 21 heavy (non-hydrogen) atoms. The van der Waals surface area contributed by atoms with E-state index in [0.717, 1.165) is 0 Å². The Bertz CT molecular complexity index is 431. The van der Waals surface area contributed by atoms with E-state index in [0.29, 0.717) is 25.9 Å². The van der Waals surface area contributed by atoms with E-state index >= 15 is 0 Å². The summed E-state index contributed by atoms with van der Waals surface area (Å²) in [5, 5.41) is 9.07. The van der Waals surface area contributed by atoms with Crippen molar-refractivity contribution in [2.45, 2.75) is 45.6 Å². The minimum absolute atomic E-state index is 0.159. The van der Waals surface area contributed by atoms with Crippen LogP contribution in [0, 0.1) is 0 Å². The lowest BCUT2D eigenvalue weighted by atomic mass is 10.2. The quantitative estimate of drug-likeness (QED) is 0.530. The Hall–Kier alpha value is -1.19. The summed E-state index contributed by atoms with van der Waals surface area (Å²) >= 11 is 0. The fourth-order valence-corrected chi connectivity index (χ4v) is 3.28. The van der Waals surface area contributed by atoms with Crippen molar-refractivity contribution in [1.82, 2.24) is 9.03 Å². The minimum Gasteiger partial charge on any atom is -0.480 e. The number of methoxy groups -OCH3 is 1. The first kappa shape index (κ1) is 19.8. The smallest absolute Gasteiger partial charge is 0.321 e. The molecule has 0 aromatic carbocycles. The number of carboxylic acids is 1. The minimum atomic E-state index is -3.90. The second-order valence-corrected chi connectivity index (χ2v) is 6.23. The Morgan fingerprint density at radius 2 is 1.76 bits per heavy atom. The monoisotopic (exact) mass is 324 g/mol. The van der Waals surface area contributed by atoms with E-state index in [1.165, 1.54) is 11.4 Å². The van der Waals surface area contributed by atoms with Gasteiger partial charge in [-0.1, -0.05) is 13.8 Å². The van der Waals surface area contributed by atoms with Crippen LogP contribution in [-0.4, -0.2) is 56.0 Å². The molecule has 0 aliphatic heterocycles. The van der Waals surface area contributed by atoms with Gasteiger partial charge in [0.05, 0.1) is 7.11 Å². The molecular formula is C12H24N2O6S. The Morgan fingerprint density at radius 3 is 2.14 bits per heavy atom. The topological polar surface area (TPSA) is 113 Å². The molecule has 0 amide bonds. The molecule has 0 aromatic rings. The number of rotatable bonds is 11. The van der Waals surface area contributed by atoms with Crippen LogP contribution in [0.1, 0.15) is 39.5 Å². The van der Waals surface area contributed by atoms with Gasteiger partial charge in [-0.3, -0.25) is 9.59 Å². The molecule has 0 saturated carbocycles. The van der Waals surface area contributed by atoms with Gasteiger partial charge in [-0.25, -0.2) is 0 Å². The van der Waals surface area contributed by atoms with E-state index in [1.54, 1.807) is 0 Å². The summed E-state index contributed by atoms with van der Waals surface area (Å²) in [6.45, 7) is 4.30. The van der Waals surface area contributed by atoms with Gasteiger partial charge >= 0.3 is 11.9 Å². The number of ether oxygens (including phenoxy) is 1. The van der Waals surface area contributed by atoms with Crippen molar-refractivity contribution in [3.63, 3.8) is 0 Å². The Morgan fingerprint density at radius 1 is 1.24 bits per heavy atom. The molecule has 0 spiro atoms. The number of hydrogen-bond acceptors (Lipinski definition) is 5. The fourth-order valence-electron chi connectivity index (χ4n) is 1.70. The Kier molecular flexibility index (Phi) is 9.14. The molecule has 8 nitrogen and oxygen atoms in total. The zero-order valence-corrected chi connectivity index (χ0v) is 13.5. The van der Waals surface area contributed by atoms with Crippen molar-refractivity contribution in [2.24, 2.45) is 0 Å². The van der Waals surface area contributed by atoms with Gasteiger partial charge < -0.3 is 9.84 Å². The van der Waals surface area contributed by atoms with Crippen molar-refractivity contribution in [3.05, 3.63) is 0 Å². The molecule has 0 fully saturated rings. The van der Waals surface area contributed by atoms with E-state index in [1.807, 2.05) is 13.8 Å². The van der Waals surface area contributed by atoms with E-state index in [9.17, 15) is 18.0 Å². The van der Waals surface area contributed by atoms with Gasteiger partial charge in [-0.15, -0.1) is 0 Å². The van der Waals surface area contributed by atoms with E-state index < -0.39 is 28.2 Å². The first-order valence-electron chi connectivity index (χ1n) is 6.85. The maximum atomic E-state index is 12.2. The molecule has 9 heteroatoms. The lowest BCUT2D eigenvalue weighted by molar-refractivity contribution is -0.142. The third-order valence-electron chi connectivity index (χ3n) is 2.74. The number of nitrogens with zero attached hydrogens (tertiary/aromatic N) is 1. The molecule has 0 aliphatic rings. The Balaban J connectivity index is 4.87. The predicted molar refractivity (Wildman–Crippen MR) is 76.9 cm³/mol. The van der Waals surface area contributed by atoms with Crippen molar-refractivity contribution in [2.75, 3.05) is 20.2 Å². The Labute approximate surface area is 125 Å². The van der Waals surface area contributed by atoms with Crippen LogP contribution in [0.25, 0.3) is 0 Å². The van der Waals surface area contributed by atoms with Gasteiger partial charge in [0, 0.05) is 19.5 Å². The maximum absolute atomic E-state index is 12.2. The van der Waals surface area contributed by atoms with Crippen molar-refractivity contribution < 1.29 is 27.9 Å². The molecule has 0 radical (unpaired) electrons. The molecule has 0 rings (SSSR count). The van der Waals surface area contributed by atoms with Crippen LogP contribution in [0.3, 0.4) is 0 Å². The van der Waals surface area contributed by atoms with Crippen LogP contribution < -0.4 is 4.72 Å². The number of aliphatic carboxylic acids is 1. The number of hydrogen-bond donors (Lipinski definition) is 2. The first-order valence-corrected chi connectivity index (χ1v) is 8.29. The zero-order chi connectivity index (χ0) is 16.5. The fraction of sp³-hybridized carbons (Fsp3) is 0.833. The van der Waals surface area contributed by atoms with Gasteiger partial charge in [0.25, 0.3) is 10.2 Å². The standard InChI is InChI=1S/C12H24N2O6S/c1-4-8-14(9-5-2)21(18,19)13-10(12(16)17)6-7-11(15)20-3/h10,13H,4-9H2,1-3H3,(H,16,17). The molecule has 0 aliphatic carbocycles. The van der Waals surface area contributed by atoms with Crippen LogP contribution in [0.5, 0.6) is 0 Å². The van der Waals surface area contributed by atoms with E-state index in [2.05, 4.69) is 9.46 Å². The van der Waals surface area contributed by atoms with Gasteiger partial charge in [0.2, 0.25) is 0 Å². The third kappa shape index (κ3) is 7.39. The average Bonchev–Trinajstić information content (AvgIpc) is 2.42. The molecule has 2 N–H and O–H groups in total. The number of nitrogens with one attached hydrogen (secondary N) is 1. The van der Waals surface area contributed by atoms with Crippen molar-refractivity contribution in [1.29, 1.82) is 0 Å². The number of carbonyl (C=O) groups is 2. The lowest BCUT2D eigenvalue weighted by Gasteiger charge is -2.23. The summed E-state index contributed by atoms with van der Waals surface area (Å²) in [5.74, 6) is -1.91. The van der Waals surface area contributed by atoms with Gasteiger partial charge in [-0.05, 0) is 19.3 Å². The second-order valence-electron chi connectivity index (χ2n) is 4.53. The van der Waals surface area contributed by atoms with Gasteiger partial charge in [-0.2, -0.15) is 17.4 Å². The van der Waals surface area contributed by atoms with Crippen molar-refractivity contribution >= 4 is 22.1 Å². The summed E-state index contributed by atoms with van der Waals surface area (Å²) in [4.78, 5) is 22.2. The molecule has 1 atom stereocenters. The molecule has 0 saturated heterocycles. The maximum Gasteiger partial charge on any atom is 0.321 e. The number of carbonyl (C=O) groups excluding carboxylic acids is 1. The third-order valence-corrected chi connectivity index (χ3v) is 4.37. The lowest BCUT2D eigenvalue weighted by Crippen LogP contribution is -2.49. The summed E-state index contributed by atoms with van der Waals surface area (Å²) < 4.78 is 32.1. The molecule has 0 heterocycles. The summed E-state index contributed by atoms with van der Waals surface area (Å²) in [5.41, 5.74) is 0. The summed E-state index contributed by atoms with van der Waals surface area (Å²) in [6.07, 6.45) is 0.923. The largest absolute Gasteiger partial charge is 0.480 e. The molecule has 1 unspecified atom stereocenters. The summed E-state index contributed by atoms with van der Waals surface area (Å²) in [7, 11) is -2.71. The highest BCUT2D eigenvalue weighted by Gasteiger charge is 2.28. The zero-order valence-electron chi connectivity index (χ0n) is 12.7. The van der Waals surface area contributed by atoms with Gasteiger partial charge in [0.15, 0.2) is 0 Å². The van der Waals surface area contributed by atoms with Crippen LogP contribution >= 0.6 is 0 Å². The predicted octanol–water partition coefficient (Wildman–Crippen LogP) is 0.349. The van der Waals surface area contributed by atoms with E-state index in [-0.39, 0.29) is 12.8 Å². The van der Waals surface area contributed by atoms with E-state index in [4.69, 9.17) is 5.11 Å². The van der Waals surface area contributed by atoms with Crippen LogP contribution in [0.15, 0.2) is 0 Å². The van der Waals surface area contributed by atoms with Crippen molar-refractivity contribution in [3.8, 4) is 0 Å². The normalized spacial score (nSPS) is 13.1. The number of carboxylic acid groups (broad SMARTS) is 1. The van der Waals surface area contributed by atoms with Crippen LogP contribution in [0.2, 0.25) is 0 Å². The summed E-state index contributed by atoms with van der Waals surface area (Å²) in [6, 6.07) is -1.36. The average molecular weight is 324 g/mol. The molecule has 124 valence electrons. The van der Waals surface area contributed by atoms with Crippen LogP contribution in [-0.2, 0) is 24.5 Å². The van der Waals surface area contributed by atoms with Gasteiger partial charge in [0.1, 0.15) is 6.04 Å². The highest BCUT2D eigenvalue weighted by atomic mass is 32.2. The molecular weight excluding hydrogens is 300 g/mol.